The van der Waals surface area contributed by atoms with Crippen molar-refractivity contribution in [3.63, 3.8) is 0 Å². The molecule has 3 aromatic rings. The summed E-state index contributed by atoms with van der Waals surface area (Å²) in [5.41, 5.74) is 10.0. The van der Waals surface area contributed by atoms with Crippen molar-refractivity contribution in [2.24, 2.45) is 5.73 Å². The van der Waals surface area contributed by atoms with Gasteiger partial charge in [-0.15, -0.1) is 0 Å². The number of hydrogen-bond donors (Lipinski definition) is 1. The van der Waals surface area contributed by atoms with Crippen LogP contribution in [0.5, 0.6) is 0 Å². The topological polar surface area (TPSA) is 52.3 Å². The van der Waals surface area contributed by atoms with Gasteiger partial charge in [0.05, 0.1) is 0 Å². The van der Waals surface area contributed by atoms with Crippen molar-refractivity contribution >= 4 is 17.6 Å². The van der Waals surface area contributed by atoms with Crippen LogP contribution in [0.25, 0.3) is 11.1 Å². The maximum atomic E-state index is 12.3. The van der Waals surface area contributed by atoms with Crippen molar-refractivity contribution < 1.29 is 9.53 Å². The summed E-state index contributed by atoms with van der Waals surface area (Å²) in [6, 6.07) is 24.4. The van der Waals surface area contributed by atoms with E-state index in [4.69, 9.17) is 22.1 Å². The fraction of sp³-hybridized carbons (Fsp3) is 0.136. The van der Waals surface area contributed by atoms with E-state index in [2.05, 4.69) is 0 Å². The first-order chi connectivity index (χ1) is 12.6. The molecule has 0 fully saturated rings. The third-order valence-corrected chi connectivity index (χ3v) is 4.35. The Balaban J connectivity index is 1.71. The van der Waals surface area contributed by atoms with Crippen LogP contribution in [-0.4, -0.2) is 12.0 Å². The second-order valence-corrected chi connectivity index (χ2v) is 6.51. The number of nitrogens with two attached hydrogens (primary N) is 1. The van der Waals surface area contributed by atoms with Crippen LogP contribution in [0.4, 0.5) is 0 Å². The Morgan fingerprint density at radius 3 is 2.31 bits per heavy atom. The van der Waals surface area contributed by atoms with Crippen LogP contribution in [0, 0.1) is 0 Å². The summed E-state index contributed by atoms with van der Waals surface area (Å²) in [6.45, 7) is 0.217. The molecule has 0 heterocycles. The maximum absolute atomic E-state index is 12.3. The highest BCUT2D eigenvalue weighted by Gasteiger charge is 2.18. The number of ether oxygens (including phenoxy) is 1. The van der Waals surface area contributed by atoms with Gasteiger partial charge in [-0.1, -0.05) is 78.3 Å². The van der Waals surface area contributed by atoms with E-state index in [1.807, 2.05) is 78.9 Å². The molecule has 26 heavy (non-hydrogen) atoms. The molecule has 0 aliphatic rings. The number of benzene rings is 3. The molecule has 0 spiro atoms. The van der Waals surface area contributed by atoms with E-state index in [1.54, 1.807) is 0 Å². The van der Waals surface area contributed by atoms with Crippen molar-refractivity contribution in [1.82, 2.24) is 0 Å². The van der Waals surface area contributed by atoms with Gasteiger partial charge < -0.3 is 10.5 Å². The van der Waals surface area contributed by atoms with Gasteiger partial charge in [0.15, 0.2) is 0 Å². The first-order valence-electron chi connectivity index (χ1n) is 8.43. The average molecular weight is 366 g/mol. The van der Waals surface area contributed by atoms with E-state index in [0.29, 0.717) is 11.4 Å². The Labute approximate surface area is 158 Å². The third kappa shape index (κ3) is 4.72. The van der Waals surface area contributed by atoms with Gasteiger partial charge in [-0.3, -0.25) is 4.79 Å². The molecule has 0 radical (unpaired) electrons. The number of rotatable bonds is 6. The average Bonchev–Trinajstić information content (AvgIpc) is 2.67. The fourth-order valence-electron chi connectivity index (χ4n) is 2.79. The monoisotopic (exact) mass is 365 g/mol. The minimum Gasteiger partial charge on any atom is -0.460 e. The summed E-state index contributed by atoms with van der Waals surface area (Å²) < 4.78 is 5.34. The largest absolute Gasteiger partial charge is 0.460 e. The molecule has 0 amide bonds. The van der Waals surface area contributed by atoms with E-state index in [9.17, 15) is 4.79 Å². The number of hydrogen-bond acceptors (Lipinski definition) is 3. The second-order valence-electron chi connectivity index (χ2n) is 6.07. The minimum absolute atomic E-state index is 0.217. The predicted octanol–water partition coefficient (Wildman–Crippen LogP) is 4.62. The molecule has 0 bridgehead atoms. The lowest BCUT2D eigenvalue weighted by Gasteiger charge is -2.15. The molecule has 0 saturated heterocycles. The minimum atomic E-state index is -0.750. The molecular weight excluding hydrogens is 346 g/mol. The van der Waals surface area contributed by atoms with Crippen molar-refractivity contribution in [2.75, 3.05) is 0 Å². The Morgan fingerprint density at radius 1 is 0.962 bits per heavy atom. The first-order valence-corrected chi connectivity index (χ1v) is 8.81. The molecule has 0 saturated carbocycles. The van der Waals surface area contributed by atoms with Crippen molar-refractivity contribution in [2.45, 2.75) is 19.1 Å². The highest BCUT2D eigenvalue weighted by atomic mass is 35.5. The Bertz CT molecular complexity index is 866. The van der Waals surface area contributed by atoms with Crippen molar-refractivity contribution in [3.05, 3.63) is 95.0 Å². The molecule has 3 aromatic carbocycles. The summed E-state index contributed by atoms with van der Waals surface area (Å²) in [4.78, 5) is 12.3. The molecular formula is C22H20ClNO2. The lowest BCUT2D eigenvalue weighted by Crippen LogP contribution is -2.34. The molecule has 1 atom stereocenters. The second kappa shape index (κ2) is 8.65. The number of halogens is 1. The SMILES string of the molecule is N[C@@H](Cc1cc(Cl)ccc1-c1ccccc1)C(=O)OCc1ccccc1. The Kier molecular flexibility index (Phi) is 6.05. The molecule has 4 heteroatoms. The lowest BCUT2D eigenvalue weighted by atomic mass is 9.95. The van der Waals surface area contributed by atoms with Gasteiger partial charge in [-0.05, 0) is 40.8 Å². The molecule has 0 aliphatic heterocycles. The van der Waals surface area contributed by atoms with E-state index < -0.39 is 12.0 Å². The van der Waals surface area contributed by atoms with Gasteiger partial charge in [-0.2, -0.15) is 0 Å². The molecule has 132 valence electrons. The highest BCUT2D eigenvalue weighted by Crippen LogP contribution is 2.27. The zero-order chi connectivity index (χ0) is 18.4. The van der Waals surface area contributed by atoms with Crippen LogP contribution in [0.2, 0.25) is 5.02 Å². The summed E-state index contributed by atoms with van der Waals surface area (Å²) in [5, 5.41) is 0.615. The Morgan fingerprint density at radius 2 is 1.62 bits per heavy atom. The normalized spacial score (nSPS) is 11.8. The molecule has 0 unspecified atom stereocenters. The zero-order valence-corrected chi connectivity index (χ0v) is 15.0. The van der Waals surface area contributed by atoms with Gasteiger partial charge >= 0.3 is 5.97 Å². The zero-order valence-electron chi connectivity index (χ0n) is 14.3. The van der Waals surface area contributed by atoms with Crippen LogP contribution in [0.3, 0.4) is 0 Å². The molecule has 2 N–H and O–H groups in total. The van der Waals surface area contributed by atoms with E-state index >= 15 is 0 Å². The summed E-state index contributed by atoms with van der Waals surface area (Å²) >= 11 is 6.15. The van der Waals surface area contributed by atoms with E-state index in [-0.39, 0.29) is 6.61 Å². The number of esters is 1. The maximum Gasteiger partial charge on any atom is 0.323 e. The van der Waals surface area contributed by atoms with E-state index in [0.717, 1.165) is 22.3 Å². The fourth-order valence-corrected chi connectivity index (χ4v) is 2.98. The van der Waals surface area contributed by atoms with Crippen molar-refractivity contribution in [3.8, 4) is 11.1 Å². The van der Waals surface area contributed by atoms with Gasteiger partial charge in [0, 0.05) is 5.02 Å². The van der Waals surface area contributed by atoms with Crippen LogP contribution < -0.4 is 5.73 Å². The van der Waals surface area contributed by atoms with Gasteiger partial charge in [0.1, 0.15) is 12.6 Å². The first kappa shape index (κ1) is 18.2. The van der Waals surface area contributed by atoms with Crippen molar-refractivity contribution in [1.29, 1.82) is 0 Å². The van der Waals surface area contributed by atoms with Crippen LogP contribution in [0.15, 0.2) is 78.9 Å². The van der Waals surface area contributed by atoms with Crippen LogP contribution >= 0.6 is 11.6 Å². The number of carbonyl (C=O) groups excluding carboxylic acids is 1. The molecule has 3 nitrogen and oxygen atoms in total. The highest BCUT2D eigenvalue weighted by molar-refractivity contribution is 6.30. The third-order valence-electron chi connectivity index (χ3n) is 4.12. The summed E-state index contributed by atoms with van der Waals surface area (Å²) in [6.07, 6.45) is 0.360. The standard InChI is InChI=1S/C22H20ClNO2/c23-19-11-12-20(17-9-5-2-6-10-17)18(13-19)14-21(24)22(25)26-15-16-7-3-1-4-8-16/h1-13,21H,14-15,24H2/t21-/m0/s1. The van der Waals surface area contributed by atoms with Crippen LogP contribution in [-0.2, 0) is 22.6 Å². The molecule has 0 aromatic heterocycles. The van der Waals surface area contributed by atoms with Crippen LogP contribution in [0.1, 0.15) is 11.1 Å². The van der Waals surface area contributed by atoms with Gasteiger partial charge in [-0.25, -0.2) is 0 Å². The quantitative estimate of drug-likeness (QED) is 0.648. The predicted molar refractivity (Wildman–Crippen MR) is 105 cm³/mol. The van der Waals surface area contributed by atoms with E-state index in [1.165, 1.54) is 0 Å². The summed E-state index contributed by atoms with van der Waals surface area (Å²) in [5.74, 6) is -0.423. The smallest absolute Gasteiger partial charge is 0.323 e. The van der Waals surface area contributed by atoms with Gasteiger partial charge in [0.2, 0.25) is 0 Å². The number of carbonyl (C=O) groups is 1. The molecule has 0 aliphatic carbocycles. The van der Waals surface area contributed by atoms with Gasteiger partial charge in [0.25, 0.3) is 0 Å². The lowest BCUT2D eigenvalue weighted by molar-refractivity contribution is -0.146. The summed E-state index contributed by atoms with van der Waals surface area (Å²) in [7, 11) is 0. The molecule has 3 rings (SSSR count). The Hall–Kier alpha value is -2.62.